The fourth-order valence-corrected chi connectivity index (χ4v) is 6.54. The number of nitrogens with one attached hydrogen (secondary N) is 1. The molecule has 3 N–H and O–H groups in total. The van der Waals surface area contributed by atoms with Crippen LogP contribution >= 0.6 is 11.3 Å². The predicted molar refractivity (Wildman–Crippen MR) is 149 cm³/mol. The van der Waals surface area contributed by atoms with Crippen LogP contribution in [0.2, 0.25) is 0 Å². The van der Waals surface area contributed by atoms with Crippen LogP contribution in [0.25, 0.3) is 10.2 Å². The summed E-state index contributed by atoms with van der Waals surface area (Å²) in [7, 11) is 4.28. The molecule has 8 nitrogen and oxygen atoms in total. The number of thiazole rings is 1. The van der Waals surface area contributed by atoms with Crippen LogP contribution in [-0.4, -0.2) is 58.3 Å². The Kier molecular flexibility index (Phi) is 7.18. The first kappa shape index (κ1) is 25.6. The molecule has 2 atom stereocenters. The number of rotatable bonds is 5. The first-order valence-corrected chi connectivity index (χ1v) is 14.0. The van der Waals surface area contributed by atoms with E-state index in [0.717, 1.165) is 42.3 Å². The van der Waals surface area contributed by atoms with E-state index < -0.39 is 11.8 Å². The summed E-state index contributed by atoms with van der Waals surface area (Å²) >= 11 is 1.78. The number of hydrogen-bond donors (Lipinski definition) is 2. The minimum absolute atomic E-state index is 0.151. The summed E-state index contributed by atoms with van der Waals surface area (Å²) in [5, 5.41) is 3.94. The first-order chi connectivity index (χ1) is 17.7. The lowest BCUT2D eigenvalue weighted by atomic mass is 9.80. The van der Waals surface area contributed by atoms with Crippen molar-refractivity contribution in [3.05, 3.63) is 46.6 Å². The quantitative estimate of drug-likeness (QED) is 0.477. The number of likely N-dealkylation sites (tertiary alicyclic amines) is 1. The monoisotopic (exact) mass is 520 g/mol. The summed E-state index contributed by atoms with van der Waals surface area (Å²) < 4.78 is 1.18. The number of aromatic nitrogens is 2. The van der Waals surface area contributed by atoms with Crippen molar-refractivity contribution in [2.75, 3.05) is 31.7 Å². The molecule has 1 aromatic carbocycles. The van der Waals surface area contributed by atoms with Crippen LogP contribution in [-0.2, 0) is 16.0 Å². The molecule has 37 heavy (non-hydrogen) atoms. The second kappa shape index (κ2) is 10.4. The molecular weight excluding hydrogens is 484 g/mol. The summed E-state index contributed by atoms with van der Waals surface area (Å²) in [5.41, 5.74) is 9.23. The largest absolute Gasteiger partial charge is 0.383 e. The van der Waals surface area contributed by atoms with Crippen molar-refractivity contribution in [1.82, 2.24) is 19.8 Å². The number of carbonyl (C=O) groups excluding carboxylic acids is 2. The van der Waals surface area contributed by atoms with E-state index in [1.165, 1.54) is 15.9 Å². The van der Waals surface area contributed by atoms with Crippen molar-refractivity contribution >= 4 is 44.9 Å². The van der Waals surface area contributed by atoms with E-state index in [1.807, 2.05) is 6.92 Å². The molecule has 5 rings (SSSR count). The number of benzene rings is 1. The number of anilines is 2. The molecule has 1 saturated carbocycles. The molecule has 0 unspecified atom stereocenters. The van der Waals surface area contributed by atoms with Gasteiger partial charge in [-0.1, -0.05) is 19.9 Å². The molecule has 2 fully saturated rings. The molecule has 2 amide bonds. The van der Waals surface area contributed by atoms with Crippen molar-refractivity contribution in [3.63, 3.8) is 0 Å². The van der Waals surface area contributed by atoms with E-state index in [9.17, 15) is 9.59 Å². The summed E-state index contributed by atoms with van der Waals surface area (Å²) in [6, 6.07) is 8.61. The third kappa shape index (κ3) is 5.20. The van der Waals surface area contributed by atoms with Crippen molar-refractivity contribution < 1.29 is 9.59 Å². The summed E-state index contributed by atoms with van der Waals surface area (Å²) in [6.45, 7) is 4.64. The molecule has 0 spiro atoms. The number of piperidine rings is 1. The van der Waals surface area contributed by atoms with E-state index in [-0.39, 0.29) is 6.04 Å². The molecule has 1 saturated heterocycles. The number of hydrogen-bond acceptors (Lipinski definition) is 7. The Balaban J connectivity index is 1.34. The Morgan fingerprint density at radius 3 is 2.73 bits per heavy atom. The van der Waals surface area contributed by atoms with Crippen molar-refractivity contribution in [2.45, 2.75) is 64.0 Å². The third-order valence-electron chi connectivity index (χ3n) is 7.92. The zero-order valence-electron chi connectivity index (χ0n) is 22.0. The normalized spacial score (nSPS) is 23.8. The van der Waals surface area contributed by atoms with Gasteiger partial charge in [0.25, 0.3) is 0 Å². The molecular formula is C28H36N6O2S. The fraction of sp³-hybridized carbons (Fsp3) is 0.500. The van der Waals surface area contributed by atoms with Gasteiger partial charge in [-0.05, 0) is 81.4 Å². The van der Waals surface area contributed by atoms with E-state index in [2.05, 4.69) is 54.4 Å². The van der Waals surface area contributed by atoms with Gasteiger partial charge in [-0.3, -0.25) is 9.59 Å². The second-order valence-electron chi connectivity index (χ2n) is 10.8. The Hall–Kier alpha value is -3.04. The maximum absolute atomic E-state index is 13.4. The fourth-order valence-electron chi connectivity index (χ4n) is 5.47. The number of amides is 2. The van der Waals surface area contributed by atoms with Gasteiger partial charge in [0, 0.05) is 18.5 Å². The highest BCUT2D eigenvalue weighted by Crippen LogP contribution is 2.43. The maximum Gasteiger partial charge on any atom is 0.313 e. The van der Waals surface area contributed by atoms with Gasteiger partial charge in [0.15, 0.2) is 0 Å². The Labute approximate surface area is 222 Å². The smallest absolute Gasteiger partial charge is 0.313 e. The van der Waals surface area contributed by atoms with Crippen LogP contribution in [0.15, 0.2) is 30.5 Å². The minimum Gasteiger partial charge on any atom is -0.383 e. The van der Waals surface area contributed by atoms with Gasteiger partial charge in [0.1, 0.15) is 5.82 Å². The van der Waals surface area contributed by atoms with E-state index in [0.29, 0.717) is 42.3 Å². The van der Waals surface area contributed by atoms with E-state index in [4.69, 9.17) is 10.7 Å². The molecule has 9 heteroatoms. The van der Waals surface area contributed by atoms with Crippen molar-refractivity contribution in [2.24, 2.45) is 5.92 Å². The van der Waals surface area contributed by atoms with Gasteiger partial charge in [-0.15, -0.1) is 11.3 Å². The van der Waals surface area contributed by atoms with Crippen LogP contribution in [0.4, 0.5) is 11.5 Å². The van der Waals surface area contributed by atoms with E-state index >= 15 is 0 Å². The number of pyridine rings is 1. The summed E-state index contributed by atoms with van der Waals surface area (Å²) in [5.74, 6) is 0.129. The van der Waals surface area contributed by atoms with Gasteiger partial charge in [0.2, 0.25) is 0 Å². The zero-order chi connectivity index (χ0) is 26.3. The Morgan fingerprint density at radius 1 is 1.22 bits per heavy atom. The molecule has 1 aliphatic heterocycles. The van der Waals surface area contributed by atoms with Gasteiger partial charge in [-0.25, -0.2) is 9.97 Å². The third-order valence-corrected chi connectivity index (χ3v) is 9.12. The number of nitrogen functional groups attached to an aromatic ring is 1. The minimum atomic E-state index is -0.648. The van der Waals surface area contributed by atoms with Gasteiger partial charge < -0.3 is 20.9 Å². The van der Waals surface area contributed by atoms with Crippen molar-refractivity contribution in [3.8, 4) is 0 Å². The number of aryl methyl sites for hydroxylation is 1. The number of fused-ring (bicyclic) bond motifs is 1. The van der Waals surface area contributed by atoms with Crippen LogP contribution in [0.3, 0.4) is 0 Å². The second-order valence-corrected chi connectivity index (χ2v) is 11.9. The van der Waals surface area contributed by atoms with Crippen molar-refractivity contribution in [1.29, 1.82) is 0 Å². The number of nitrogens with zero attached hydrogens (tertiary/aromatic N) is 4. The average molecular weight is 521 g/mol. The number of nitrogens with two attached hydrogens (primary N) is 1. The molecule has 2 aliphatic rings. The topological polar surface area (TPSA) is 104 Å². The molecule has 2 aromatic heterocycles. The van der Waals surface area contributed by atoms with Crippen LogP contribution in [0, 0.1) is 5.92 Å². The van der Waals surface area contributed by atoms with Crippen LogP contribution in [0.1, 0.15) is 67.6 Å². The molecule has 0 radical (unpaired) electrons. The Bertz CT molecular complexity index is 1320. The lowest BCUT2D eigenvalue weighted by molar-refractivity contribution is -0.146. The standard InChI is InChI=1S/C28H36N6O2S/c1-5-17-10-20(14-30-25(17)29)31-26(35)28(36)34-15-16(2)6-8-23(34)18-7-9-24-22(13-18)32-27(37-24)19-11-21(12-19)33(3)4/h7,9-10,13-14,16,19,21,23H,5-6,8,11-12,15H2,1-4H3,(H2,29,30)(H,31,35)/t16-,19-,21-,23+/m0/s1. The lowest BCUT2D eigenvalue weighted by Crippen LogP contribution is -2.46. The van der Waals surface area contributed by atoms with Crippen LogP contribution in [0.5, 0.6) is 0 Å². The maximum atomic E-state index is 13.4. The highest BCUT2D eigenvalue weighted by atomic mass is 32.1. The Morgan fingerprint density at radius 2 is 2.00 bits per heavy atom. The zero-order valence-corrected chi connectivity index (χ0v) is 22.8. The van der Waals surface area contributed by atoms with Crippen LogP contribution < -0.4 is 11.1 Å². The highest BCUT2D eigenvalue weighted by molar-refractivity contribution is 7.18. The molecule has 3 heterocycles. The molecule has 0 bridgehead atoms. The SMILES string of the molecule is CCc1cc(NC(=O)C(=O)N2C[C@@H](C)CC[C@@H]2c2ccc3sc([C@H]4C[C@H](N(C)C)C4)nc3c2)cnc1N. The molecule has 3 aromatic rings. The van der Waals surface area contributed by atoms with E-state index in [1.54, 1.807) is 22.3 Å². The lowest BCUT2D eigenvalue weighted by Gasteiger charge is -2.38. The summed E-state index contributed by atoms with van der Waals surface area (Å²) in [6.07, 6.45) is 6.32. The van der Waals surface area contributed by atoms with Gasteiger partial charge in [0.05, 0.1) is 33.2 Å². The average Bonchev–Trinajstić information content (AvgIpc) is 3.26. The summed E-state index contributed by atoms with van der Waals surface area (Å²) in [4.78, 5) is 39.6. The highest BCUT2D eigenvalue weighted by Gasteiger charge is 2.36. The number of carbonyl (C=O) groups is 2. The molecule has 196 valence electrons. The predicted octanol–water partition coefficient (Wildman–Crippen LogP) is 4.58. The first-order valence-electron chi connectivity index (χ1n) is 13.2. The van der Waals surface area contributed by atoms with Gasteiger partial charge in [-0.2, -0.15) is 0 Å². The van der Waals surface area contributed by atoms with Gasteiger partial charge >= 0.3 is 11.8 Å². The molecule has 1 aliphatic carbocycles.